The number of sulfone groups is 1. The lowest BCUT2D eigenvalue weighted by atomic mass is 10.3. The highest BCUT2D eigenvalue weighted by Crippen LogP contribution is 2.33. The average Bonchev–Trinajstić information content (AvgIpc) is 3.15. The topological polar surface area (TPSA) is 70.6 Å². The molecule has 172 valence electrons. The average molecular weight is 496 g/mol. The molecule has 0 saturated heterocycles. The summed E-state index contributed by atoms with van der Waals surface area (Å²) in [5.74, 6) is 0.416. The number of likely N-dealkylation sites (N-methyl/N-ethyl adjacent to an activating group) is 1. The van der Waals surface area contributed by atoms with Gasteiger partial charge in [-0.05, 0) is 62.7 Å². The highest BCUT2D eigenvalue weighted by Gasteiger charge is 2.22. The molecular formula is C22H26FN3O3S3. The van der Waals surface area contributed by atoms with Crippen LogP contribution < -0.4 is 4.90 Å². The van der Waals surface area contributed by atoms with E-state index in [2.05, 4.69) is 4.98 Å². The molecule has 0 spiro atoms. The van der Waals surface area contributed by atoms with Gasteiger partial charge in [-0.1, -0.05) is 17.4 Å². The van der Waals surface area contributed by atoms with Crippen LogP contribution in [0.5, 0.6) is 0 Å². The predicted octanol–water partition coefficient (Wildman–Crippen LogP) is 4.31. The quantitative estimate of drug-likeness (QED) is 0.308. The van der Waals surface area contributed by atoms with Gasteiger partial charge < -0.3 is 4.90 Å². The fourth-order valence-corrected chi connectivity index (χ4v) is 5.82. The molecule has 1 heterocycles. The van der Waals surface area contributed by atoms with Crippen molar-refractivity contribution in [1.82, 2.24) is 9.88 Å². The summed E-state index contributed by atoms with van der Waals surface area (Å²) in [6, 6.07) is 11.4. The van der Waals surface area contributed by atoms with Gasteiger partial charge in [0.15, 0.2) is 15.0 Å². The third-order valence-corrected chi connectivity index (χ3v) is 7.96. The third-order valence-electron chi connectivity index (χ3n) is 4.69. The molecule has 2 aromatic carbocycles. The Hall–Kier alpha value is -2.01. The Morgan fingerprint density at radius 2 is 1.84 bits per heavy atom. The van der Waals surface area contributed by atoms with Gasteiger partial charge in [0, 0.05) is 30.7 Å². The number of halogens is 1. The molecule has 0 aliphatic carbocycles. The highest BCUT2D eigenvalue weighted by atomic mass is 32.2. The molecule has 10 heteroatoms. The van der Waals surface area contributed by atoms with Gasteiger partial charge in [-0.25, -0.2) is 17.8 Å². The zero-order valence-corrected chi connectivity index (χ0v) is 20.7. The maximum atomic E-state index is 13.1. The van der Waals surface area contributed by atoms with Crippen molar-refractivity contribution < 1.29 is 17.6 Å². The van der Waals surface area contributed by atoms with E-state index >= 15 is 0 Å². The molecular weight excluding hydrogens is 469 g/mol. The first-order chi connectivity index (χ1) is 15.1. The van der Waals surface area contributed by atoms with Crippen LogP contribution >= 0.6 is 23.1 Å². The number of amides is 1. The van der Waals surface area contributed by atoms with E-state index in [-0.39, 0.29) is 16.6 Å². The molecule has 0 aliphatic rings. The van der Waals surface area contributed by atoms with Crippen LogP contribution in [0.2, 0.25) is 0 Å². The second-order valence-electron chi connectivity index (χ2n) is 7.63. The van der Waals surface area contributed by atoms with Crippen LogP contribution in [0.25, 0.3) is 10.2 Å². The van der Waals surface area contributed by atoms with Crippen molar-refractivity contribution in [2.75, 3.05) is 44.1 Å². The van der Waals surface area contributed by atoms with E-state index < -0.39 is 9.84 Å². The number of thioether (sulfide) groups is 1. The number of thiazole rings is 1. The number of fused-ring (bicyclic) bond motifs is 1. The van der Waals surface area contributed by atoms with E-state index in [1.54, 1.807) is 40.9 Å². The Kier molecular flexibility index (Phi) is 8.26. The van der Waals surface area contributed by atoms with Gasteiger partial charge >= 0.3 is 0 Å². The van der Waals surface area contributed by atoms with Crippen LogP contribution in [-0.4, -0.2) is 63.4 Å². The van der Waals surface area contributed by atoms with Gasteiger partial charge in [0.05, 0.1) is 9.60 Å². The lowest BCUT2D eigenvalue weighted by Crippen LogP contribution is -2.36. The van der Waals surface area contributed by atoms with Crippen molar-refractivity contribution in [2.45, 2.75) is 22.6 Å². The number of benzene rings is 2. The number of nitrogens with zero attached hydrogens (tertiary/aromatic N) is 3. The van der Waals surface area contributed by atoms with E-state index in [9.17, 15) is 17.6 Å². The number of aromatic nitrogens is 1. The van der Waals surface area contributed by atoms with E-state index in [0.717, 1.165) is 21.6 Å². The van der Waals surface area contributed by atoms with Gasteiger partial charge in [-0.2, -0.15) is 0 Å². The van der Waals surface area contributed by atoms with Crippen molar-refractivity contribution in [3.63, 3.8) is 0 Å². The summed E-state index contributed by atoms with van der Waals surface area (Å²) in [5, 5.41) is 0.508. The predicted molar refractivity (Wildman–Crippen MR) is 130 cm³/mol. The second-order valence-corrected chi connectivity index (χ2v) is 11.8. The molecule has 1 aromatic heterocycles. The summed E-state index contributed by atoms with van der Waals surface area (Å²) in [6.07, 6.45) is 2.17. The summed E-state index contributed by atoms with van der Waals surface area (Å²) in [6.45, 7) is 1.12. The number of rotatable bonds is 10. The molecule has 0 aliphatic heterocycles. The van der Waals surface area contributed by atoms with Gasteiger partial charge in [0.1, 0.15) is 11.3 Å². The van der Waals surface area contributed by atoms with Crippen LogP contribution in [0.1, 0.15) is 12.8 Å². The minimum atomic E-state index is -3.43. The normalized spacial score (nSPS) is 11.9. The lowest BCUT2D eigenvalue weighted by molar-refractivity contribution is -0.118. The van der Waals surface area contributed by atoms with Crippen LogP contribution in [0.3, 0.4) is 0 Å². The first kappa shape index (κ1) is 24.6. The number of para-hydroxylation sites is 1. The largest absolute Gasteiger partial charge is 0.308 e. The summed E-state index contributed by atoms with van der Waals surface area (Å²) < 4.78 is 38.0. The first-order valence-electron chi connectivity index (χ1n) is 10.1. The van der Waals surface area contributed by atoms with E-state index in [1.807, 2.05) is 25.1 Å². The molecule has 0 bridgehead atoms. The van der Waals surface area contributed by atoms with Crippen molar-refractivity contribution >= 4 is 54.2 Å². The summed E-state index contributed by atoms with van der Waals surface area (Å²) in [7, 11) is 0.437. The lowest BCUT2D eigenvalue weighted by Gasteiger charge is -2.22. The second kappa shape index (κ2) is 10.7. The molecule has 0 fully saturated rings. The van der Waals surface area contributed by atoms with E-state index in [4.69, 9.17) is 0 Å². The molecule has 0 atom stereocenters. The molecule has 32 heavy (non-hydrogen) atoms. The molecule has 3 aromatic rings. The Balaban J connectivity index is 1.74. The van der Waals surface area contributed by atoms with Gasteiger partial charge in [-0.15, -0.1) is 11.8 Å². The maximum Gasteiger partial charge on any atom is 0.228 e. The standard InChI is InChI=1S/C22H26FN3O3S3/c1-25(2)13-14-26(20(27)8-5-15-30-17-11-9-16(23)10-12-17)22-24-21-18(31-22)6-4-7-19(21)32(3,28)29/h4,6-7,9-12H,5,8,13-15H2,1-3H3. The monoisotopic (exact) mass is 495 g/mol. The molecule has 0 saturated carbocycles. The fourth-order valence-electron chi connectivity index (χ4n) is 3.03. The summed E-state index contributed by atoms with van der Waals surface area (Å²) >= 11 is 2.90. The third kappa shape index (κ3) is 6.50. The number of hydrogen-bond acceptors (Lipinski definition) is 7. The molecule has 6 nitrogen and oxygen atoms in total. The minimum Gasteiger partial charge on any atom is -0.308 e. The molecule has 0 radical (unpaired) electrons. The first-order valence-corrected chi connectivity index (χ1v) is 13.8. The molecule has 1 amide bonds. The Morgan fingerprint density at radius 3 is 2.50 bits per heavy atom. The molecule has 3 rings (SSSR count). The Morgan fingerprint density at radius 1 is 1.12 bits per heavy atom. The number of anilines is 1. The van der Waals surface area contributed by atoms with Crippen LogP contribution in [0.4, 0.5) is 9.52 Å². The zero-order chi connectivity index (χ0) is 23.3. The van der Waals surface area contributed by atoms with Gasteiger partial charge in [0.2, 0.25) is 5.91 Å². The SMILES string of the molecule is CN(C)CCN(C(=O)CCCSc1ccc(F)cc1)c1nc2c(S(C)(=O)=O)cccc2s1. The minimum absolute atomic E-state index is 0.0495. The van der Waals surface area contributed by atoms with Crippen molar-refractivity contribution in [3.05, 3.63) is 48.3 Å². The van der Waals surface area contributed by atoms with Crippen LogP contribution in [-0.2, 0) is 14.6 Å². The van der Waals surface area contributed by atoms with Crippen molar-refractivity contribution in [3.8, 4) is 0 Å². The maximum absolute atomic E-state index is 13.1. The van der Waals surface area contributed by atoms with Gasteiger partial charge in [0.25, 0.3) is 0 Å². The summed E-state index contributed by atoms with van der Waals surface area (Å²) in [4.78, 5) is 22.4. The van der Waals surface area contributed by atoms with Crippen LogP contribution in [0, 0.1) is 5.82 Å². The number of carbonyl (C=O) groups excluding carboxylic acids is 1. The summed E-state index contributed by atoms with van der Waals surface area (Å²) in [5.41, 5.74) is 0.407. The highest BCUT2D eigenvalue weighted by molar-refractivity contribution is 7.99. The van der Waals surface area contributed by atoms with E-state index in [0.29, 0.717) is 36.6 Å². The van der Waals surface area contributed by atoms with Crippen LogP contribution in [0.15, 0.2) is 52.3 Å². The van der Waals surface area contributed by atoms with E-state index in [1.165, 1.54) is 23.5 Å². The smallest absolute Gasteiger partial charge is 0.228 e. The van der Waals surface area contributed by atoms with Crippen molar-refractivity contribution in [2.24, 2.45) is 0 Å². The number of carbonyl (C=O) groups is 1. The molecule has 0 N–H and O–H groups in total. The molecule has 0 unspecified atom stereocenters. The number of hydrogen-bond donors (Lipinski definition) is 0. The fraction of sp³-hybridized carbons (Fsp3) is 0.364. The zero-order valence-electron chi connectivity index (χ0n) is 18.2. The van der Waals surface area contributed by atoms with Crippen molar-refractivity contribution in [1.29, 1.82) is 0 Å². The Bertz CT molecular complexity index is 1180. The Labute approximate surface area is 196 Å². The van der Waals surface area contributed by atoms with Gasteiger partial charge in [-0.3, -0.25) is 9.69 Å².